The number of hydrogen-bond donors (Lipinski definition) is 0. The fourth-order valence-corrected chi connectivity index (χ4v) is 2.95. The molecule has 0 unspecified atom stereocenters. The first-order chi connectivity index (χ1) is 9.83. The van der Waals surface area contributed by atoms with Crippen LogP contribution in [0.15, 0.2) is 48.5 Å². The standard InChI is InChI=1S/C18H18N2/c1-13-9-11-15(12-10-13)20-17-8-3-2-7-16(17)19-18(20)14-5-4-6-14/h2-3,7-12,14H,4-6H2,1H3. The molecule has 0 aliphatic heterocycles. The smallest absolute Gasteiger partial charge is 0.117 e. The van der Waals surface area contributed by atoms with Crippen LogP contribution in [0, 0.1) is 6.92 Å². The second-order valence-corrected chi connectivity index (χ2v) is 5.76. The molecule has 0 spiro atoms. The highest BCUT2D eigenvalue weighted by molar-refractivity contribution is 5.78. The average Bonchev–Trinajstić information content (AvgIpc) is 2.76. The Morgan fingerprint density at radius 2 is 1.75 bits per heavy atom. The van der Waals surface area contributed by atoms with E-state index in [1.54, 1.807) is 0 Å². The summed E-state index contributed by atoms with van der Waals surface area (Å²) in [7, 11) is 0. The molecule has 2 heteroatoms. The molecule has 0 amide bonds. The van der Waals surface area contributed by atoms with Crippen LogP contribution in [-0.4, -0.2) is 9.55 Å². The van der Waals surface area contributed by atoms with Gasteiger partial charge in [0.25, 0.3) is 0 Å². The Hall–Kier alpha value is -2.09. The lowest BCUT2D eigenvalue weighted by Gasteiger charge is -2.25. The molecule has 3 aromatic rings. The number of fused-ring (bicyclic) bond motifs is 1. The van der Waals surface area contributed by atoms with E-state index in [0.29, 0.717) is 5.92 Å². The molecular weight excluding hydrogens is 244 g/mol. The van der Waals surface area contributed by atoms with Gasteiger partial charge in [-0.15, -0.1) is 0 Å². The van der Waals surface area contributed by atoms with Crippen molar-refractivity contribution in [3.05, 3.63) is 59.9 Å². The van der Waals surface area contributed by atoms with Crippen LogP contribution in [0.25, 0.3) is 16.7 Å². The minimum atomic E-state index is 0.628. The van der Waals surface area contributed by atoms with Crippen molar-refractivity contribution in [3.8, 4) is 5.69 Å². The Bertz CT molecular complexity index is 749. The first kappa shape index (κ1) is 11.7. The van der Waals surface area contributed by atoms with Crippen molar-refractivity contribution in [2.45, 2.75) is 32.1 Å². The van der Waals surface area contributed by atoms with Gasteiger partial charge in [-0.2, -0.15) is 0 Å². The number of aromatic nitrogens is 2. The Kier molecular flexibility index (Phi) is 2.62. The van der Waals surface area contributed by atoms with Crippen molar-refractivity contribution in [3.63, 3.8) is 0 Å². The molecular formula is C18H18N2. The molecule has 20 heavy (non-hydrogen) atoms. The van der Waals surface area contributed by atoms with Crippen LogP contribution < -0.4 is 0 Å². The van der Waals surface area contributed by atoms with Gasteiger partial charge in [-0.05, 0) is 44.0 Å². The Morgan fingerprint density at radius 3 is 2.45 bits per heavy atom. The van der Waals surface area contributed by atoms with Crippen molar-refractivity contribution in [2.75, 3.05) is 0 Å². The van der Waals surface area contributed by atoms with Crippen LogP contribution in [0.1, 0.15) is 36.6 Å². The molecule has 100 valence electrons. The second kappa shape index (κ2) is 4.48. The molecule has 1 aliphatic carbocycles. The molecule has 0 saturated heterocycles. The predicted molar refractivity (Wildman–Crippen MR) is 82.4 cm³/mol. The summed E-state index contributed by atoms with van der Waals surface area (Å²) in [5.41, 5.74) is 4.85. The number of imidazole rings is 1. The first-order valence-corrected chi connectivity index (χ1v) is 7.37. The zero-order valence-corrected chi connectivity index (χ0v) is 11.7. The van der Waals surface area contributed by atoms with Crippen molar-refractivity contribution >= 4 is 11.0 Å². The molecule has 1 saturated carbocycles. The van der Waals surface area contributed by atoms with Gasteiger partial charge in [0.05, 0.1) is 11.0 Å². The number of nitrogens with zero attached hydrogens (tertiary/aromatic N) is 2. The van der Waals surface area contributed by atoms with Crippen LogP contribution >= 0.6 is 0 Å². The van der Waals surface area contributed by atoms with Gasteiger partial charge in [0.2, 0.25) is 0 Å². The zero-order chi connectivity index (χ0) is 13.5. The zero-order valence-electron chi connectivity index (χ0n) is 11.7. The highest BCUT2D eigenvalue weighted by Crippen LogP contribution is 2.38. The highest BCUT2D eigenvalue weighted by Gasteiger charge is 2.26. The maximum absolute atomic E-state index is 4.90. The van der Waals surface area contributed by atoms with E-state index in [4.69, 9.17) is 4.98 Å². The summed E-state index contributed by atoms with van der Waals surface area (Å²) in [6.07, 6.45) is 3.88. The number of para-hydroxylation sites is 2. The normalized spacial score (nSPS) is 15.4. The minimum absolute atomic E-state index is 0.628. The molecule has 0 radical (unpaired) electrons. The maximum atomic E-state index is 4.90. The molecule has 2 nitrogen and oxygen atoms in total. The summed E-state index contributed by atoms with van der Waals surface area (Å²) in [6.45, 7) is 2.13. The third-order valence-electron chi connectivity index (χ3n) is 4.35. The minimum Gasteiger partial charge on any atom is -0.296 e. The Labute approximate surface area is 119 Å². The summed E-state index contributed by atoms with van der Waals surface area (Å²) in [4.78, 5) is 4.90. The molecule has 2 aromatic carbocycles. The van der Waals surface area contributed by atoms with Gasteiger partial charge < -0.3 is 0 Å². The van der Waals surface area contributed by atoms with E-state index < -0.39 is 0 Å². The van der Waals surface area contributed by atoms with Gasteiger partial charge in [-0.25, -0.2) is 4.98 Å². The molecule has 1 heterocycles. The molecule has 1 aliphatic rings. The van der Waals surface area contributed by atoms with Gasteiger partial charge in [0.1, 0.15) is 5.82 Å². The summed E-state index contributed by atoms with van der Waals surface area (Å²) < 4.78 is 2.35. The van der Waals surface area contributed by atoms with Crippen molar-refractivity contribution in [1.82, 2.24) is 9.55 Å². The molecule has 1 aromatic heterocycles. The van der Waals surface area contributed by atoms with E-state index in [1.165, 1.54) is 41.9 Å². The second-order valence-electron chi connectivity index (χ2n) is 5.76. The summed E-state index contributed by atoms with van der Waals surface area (Å²) in [5.74, 6) is 1.87. The van der Waals surface area contributed by atoms with Crippen molar-refractivity contribution in [2.24, 2.45) is 0 Å². The highest BCUT2D eigenvalue weighted by atomic mass is 15.1. The largest absolute Gasteiger partial charge is 0.296 e. The van der Waals surface area contributed by atoms with Gasteiger partial charge >= 0.3 is 0 Å². The molecule has 4 rings (SSSR count). The van der Waals surface area contributed by atoms with Gasteiger partial charge in [-0.1, -0.05) is 36.2 Å². The monoisotopic (exact) mass is 262 g/mol. The quantitative estimate of drug-likeness (QED) is 0.660. The van der Waals surface area contributed by atoms with Gasteiger partial charge in [-0.3, -0.25) is 4.57 Å². The predicted octanol–water partition coefficient (Wildman–Crippen LogP) is 4.60. The van der Waals surface area contributed by atoms with E-state index in [1.807, 2.05) is 0 Å². The lowest BCUT2D eigenvalue weighted by molar-refractivity contribution is 0.399. The third-order valence-corrected chi connectivity index (χ3v) is 4.35. The number of aryl methyl sites for hydroxylation is 1. The third kappa shape index (κ3) is 1.75. The molecule has 0 bridgehead atoms. The van der Waals surface area contributed by atoms with Crippen LogP contribution in [0.4, 0.5) is 0 Å². The average molecular weight is 262 g/mol. The Balaban J connectivity index is 1.97. The van der Waals surface area contributed by atoms with Crippen molar-refractivity contribution < 1.29 is 0 Å². The van der Waals surface area contributed by atoms with Crippen molar-refractivity contribution in [1.29, 1.82) is 0 Å². The van der Waals surface area contributed by atoms with Gasteiger partial charge in [0.15, 0.2) is 0 Å². The van der Waals surface area contributed by atoms with E-state index in [2.05, 4.69) is 60.0 Å². The van der Waals surface area contributed by atoms with E-state index in [-0.39, 0.29) is 0 Å². The lowest BCUT2D eigenvalue weighted by Crippen LogP contribution is -2.14. The van der Waals surface area contributed by atoms with Crippen LogP contribution in [-0.2, 0) is 0 Å². The topological polar surface area (TPSA) is 17.8 Å². The Morgan fingerprint density at radius 1 is 1.00 bits per heavy atom. The van der Waals surface area contributed by atoms with Crippen LogP contribution in [0.3, 0.4) is 0 Å². The number of benzene rings is 2. The molecule has 0 N–H and O–H groups in total. The summed E-state index contributed by atoms with van der Waals surface area (Å²) in [5, 5.41) is 0. The van der Waals surface area contributed by atoms with Crippen LogP contribution in [0.2, 0.25) is 0 Å². The van der Waals surface area contributed by atoms with E-state index in [9.17, 15) is 0 Å². The maximum Gasteiger partial charge on any atom is 0.117 e. The molecule has 1 fully saturated rings. The fourth-order valence-electron chi connectivity index (χ4n) is 2.95. The fraction of sp³-hybridized carbons (Fsp3) is 0.278. The summed E-state index contributed by atoms with van der Waals surface area (Å²) in [6, 6.07) is 17.2. The molecule has 0 atom stereocenters. The number of rotatable bonds is 2. The SMILES string of the molecule is Cc1ccc(-n2c(C3CCC3)nc3ccccc32)cc1. The van der Waals surface area contributed by atoms with Crippen LogP contribution in [0.5, 0.6) is 0 Å². The summed E-state index contributed by atoms with van der Waals surface area (Å²) >= 11 is 0. The number of hydrogen-bond acceptors (Lipinski definition) is 1. The lowest BCUT2D eigenvalue weighted by atomic mass is 9.85. The van der Waals surface area contributed by atoms with E-state index in [0.717, 1.165) is 5.52 Å². The van der Waals surface area contributed by atoms with E-state index >= 15 is 0 Å². The van der Waals surface area contributed by atoms with Gasteiger partial charge in [0, 0.05) is 11.6 Å². The first-order valence-electron chi connectivity index (χ1n) is 7.37.